The topological polar surface area (TPSA) is 42.2 Å². The van der Waals surface area contributed by atoms with Crippen molar-refractivity contribution in [2.24, 2.45) is 0 Å². The fourth-order valence-electron chi connectivity index (χ4n) is 2.95. The maximum atomic E-state index is 8.63. The summed E-state index contributed by atoms with van der Waals surface area (Å²) < 4.78 is 12.3. The fraction of sp³-hybridized carbons (Fsp3) is 0.519. The second-order valence-electron chi connectivity index (χ2n) is 7.62. The van der Waals surface area contributed by atoms with Gasteiger partial charge in [0, 0.05) is 4.47 Å². The molecule has 0 N–H and O–H groups in total. The van der Waals surface area contributed by atoms with E-state index in [1.807, 2.05) is 36.4 Å². The average Bonchev–Trinajstić information content (AvgIpc) is 2.80. The number of rotatable bonds is 14. The molecular weight excluding hydrogens is 450 g/mol. The van der Waals surface area contributed by atoms with Gasteiger partial charge in [-0.25, -0.2) is 0 Å². The summed E-state index contributed by atoms with van der Waals surface area (Å²) in [4.78, 5) is 0. The van der Waals surface area contributed by atoms with Gasteiger partial charge in [0.25, 0.3) is 0 Å². The standard InChI is InChI=1S/C14H19NO.C13H19BrO/c1-2-3-4-5-6-11-16-14-9-7-13(12-15)8-10-14;1-2-3-4-5-6-11-15-13-9-7-12(14)8-10-13/h7-10H,2-6,11H2,1H3;7-10H,2-6,11H2,1H3. The quantitative estimate of drug-likeness (QED) is 0.250. The highest BCUT2D eigenvalue weighted by molar-refractivity contribution is 9.10. The molecule has 0 aliphatic heterocycles. The van der Waals surface area contributed by atoms with Crippen molar-refractivity contribution in [1.82, 2.24) is 0 Å². The van der Waals surface area contributed by atoms with Gasteiger partial charge in [0.1, 0.15) is 11.5 Å². The van der Waals surface area contributed by atoms with E-state index in [2.05, 4.69) is 35.8 Å². The molecule has 0 radical (unpaired) electrons. The smallest absolute Gasteiger partial charge is 0.119 e. The van der Waals surface area contributed by atoms with Crippen molar-refractivity contribution >= 4 is 15.9 Å². The van der Waals surface area contributed by atoms with Crippen LogP contribution in [0.2, 0.25) is 0 Å². The van der Waals surface area contributed by atoms with Crippen LogP contribution in [-0.4, -0.2) is 13.2 Å². The molecule has 0 spiro atoms. The Balaban J connectivity index is 0.000000311. The van der Waals surface area contributed by atoms with Gasteiger partial charge in [-0.05, 0) is 61.4 Å². The van der Waals surface area contributed by atoms with Crippen molar-refractivity contribution in [2.45, 2.75) is 78.1 Å². The van der Waals surface area contributed by atoms with Crippen molar-refractivity contribution in [1.29, 1.82) is 5.26 Å². The molecule has 2 aromatic rings. The van der Waals surface area contributed by atoms with Crippen LogP contribution in [0.1, 0.15) is 83.6 Å². The van der Waals surface area contributed by atoms with E-state index in [1.165, 1.54) is 51.4 Å². The maximum Gasteiger partial charge on any atom is 0.119 e. The number of ether oxygens (including phenoxy) is 2. The van der Waals surface area contributed by atoms with E-state index in [0.717, 1.165) is 42.0 Å². The number of nitrogens with zero attached hydrogens (tertiary/aromatic N) is 1. The first-order valence-corrected chi connectivity index (χ1v) is 12.5. The minimum Gasteiger partial charge on any atom is -0.494 e. The summed E-state index contributed by atoms with van der Waals surface area (Å²) >= 11 is 3.40. The van der Waals surface area contributed by atoms with Gasteiger partial charge in [-0.3, -0.25) is 0 Å². The third-order valence-corrected chi connectivity index (χ3v) is 5.36. The summed E-state index contributed by atoms with van der Waals surface area (Å²) in [7, 11) is 0. The molecule has 0 aliphatic rings. The van der Waals surface area contributed by atoms with E-state index in [1.54, 1.807) is 12.1 Å². The van der Waals surface area contributed by atoms with Crippen LogP contribution < -0.4 is 9.47 Å². The molecule has 0 atom stereocenters. The van der Waals surface area contributed by atoms with E-state index in [0.29, 0.717) is 5.56 Å². The Morgan fingerprint density at radius 1 is 0.645 bits per heavy atom. The van der Waals surface area contributed by atoms with Crippen LogP contribution in [0.4, 0.5) is 0 Å². The Morgan fingerprint density at radius 2 is 1.06 bits per heavy atom. The lowest BCUT2D eigenvalue weighted by Gasteiger charge is -2.05. The predicted molar refractivity (Wildman–Crippen MR) is 134 cm³/mol. The molecule has 0 aliphatic carbocycles. The average molecular weight is 489 g/mol. The summed E-state index contributed by atoms with van der Waals surface area (Å²) in [5, 5.41) is 8.63. The third-order valence-electron chi connectivity index (χ3n) is 4.83. The van der Waals surface area contributed by atoms with Gasteiger partial charge in [0.2, 0.25) is 0 Å². The second kappa shape index (κ2) is 18.8. The van der Waals surface area contributed by atoms with Crippen LogP contribution in [-0.2, 0) is 0 Å². The maximum absolute atomic E-state index is 8.63. The lowest BCUT2D eigenvalue weighted by molar-refractivity contribution is 0.304. The molecule has 0 amide bonds. The fourth-order valence-corrected chi connectivity index (χ4v) is 3.21. The number of halogens is 1. The van der Waals surface area contributed by atoms with Crippen LogP contribution in [0.25, 0.3) is 0 Å². The number of nitriles is 1. The number of unbranched alkanes of at least 4 members (excludes halogenated alkanes) is 8. The minimum atomic E-state index is 0.676. The molecular formula is C27H38BrNO2. The second-order valence-corrected chi connectivity index (χ2v) is 8.53. The molecule has 0 saturated carbocycles. The first-order chi connectivity index (χ1) is 15.2. The van der Waals surface area contributed by atoms with Crippen LogP contribution in [0, 0.1) is 11.3 Å². The Bertz CT molecular complexity index is 708. The summed E-state index contributed by atoms with van der Waals surface area (Å²) in [6.45, 7) is 6.06. The largest absolute Gasteiger partial charge is 0.494 e. The number of hydrogen-bond acceptors (Lipinski definition) is 3. The van der Waals surface area contributed by atoms with Crippen molar-refractivity contribution in [2.75, 3.05) is 13.2 Å². The van der Waals surface area contributed by atoms with E-state index in [9.17, 15) is 0 Å². The lowest BCUT2D eigenvalue weighted by atomic mass is 10.2. The van der Waals surface area contributed by atoms with Gasteiger partial charge in [0.05, 0.1) is 24.8 Å². The van der Waals surface area contributed by atoms with Crippen molar-refractivity contribution in [3.05, 3.63) is 58.6 Å². The molecule has 170 valence electrons. The van der Waals surface area contributed by atoms with Crippen LogP contribution >= 0.6 is 15.9 Å². The highest BCUT2D eigenvalue weighted by Gasteiger charge is 1.95. The molecule has 0 unspecified atom stereocenters. The predicted octanol–water partition coefficient (Wildman–Crippen LogP) is 8.71. The number of hydrogen-bond donors (Lipinski definition) is 0. The van der Waals surface area contributed by atoms with Crippen LogP contribution in [0.3, 0.4) is 0 Å². The van der Waals surface area contributed by atoms with Gasteiger partial charge in [0.15, 0.2) is 0 Å². The summed E-state index contributed by atoms with van der Waals surface area (Å²) in [5.74, 6) is 1.82. The SMILES string of the molecule is CCCCCCCOc1ccc(Br)cc1.CCCCCCCOc1ccc(C#N)cc1. The lowest BCUT2D eigenvalue weighted by Crippen LogP contribution is -1.97. The normalized spacial score (nSPS) is 10.0. The Hall–Kier alpha value is -1.99. The molecule has 3 nitrogen and oxygen atoms in total. The molecule has 2 rings (SSSR count). The van der Waals surface area contributed by atoms with Gasteiger partial charge < -0.3 is 9.47 Å². The van der Waals surface area contributed by atoms with E-state index in [-0.39, 0.29) is 0 Å². The Kier molecular flexibility index (Phi) is 16.4. The monoisotopic (exact) mass is 487 g/mol. The molecule has 0 saturated heterocycles. The molecule has 0 aromatic heterocycles. The zero-order valence-electron chi connectivity index (χ0n) is 19.2. The van der Waals surface area contributed by atoms with E-state index in [4.69, 9.17) is 14.7 Å². The van der Waals surface area contributed by atoms with Crippen LogP contribution in [0.5, 0.6) is 11.5 Å². The zero-order chi connectivity index (χ0) is 22.6. The molecule has 2 aromatic carbocycles. The number of benzene rings is 2. The van der Waals surface area contributed by atoms with E-state index >= 15 is 0 Å². The van der Waals surface area contributed by atoms with Crippen LogP contribution in [0.15, 0.2) is 53.0 Å². The van der Waals surface area contributed by atoms with Gasteiger partial charge in [-0.1, -0.05) is 81.1 Å². The van der Waals surface area contributed by atoms with Gasteiger partial charge in [-0.2, -0.15) is 5.26 Å². The molecule has 0 bridgehead atoms. The Labute approximate surface area is 197 Å². The first-order valence-electron chi connectivity index (χ1n) is 11.7. The highest BCUT2D eigenvalue weighted by Crippen LogP contribution is 2.16. The zero-order valence-corrected chi connectivity index (χ0v) is 20.8. The van der Waals surface area contributed by atoms with Crippen molar-refractivity contribution < 1.29 is 9.47 Å². The highest BCUT2D eigenvalue weighted by atomic mass is 79.9. The van der Waals surface area contributed by atoms with Crippen molar-refractivity contribution in [3.63, 3.8) is 0 Å². The Morgan fingerprint density at radius 3 is 1.48 bits per heavy atom. The van der Waals surface area contributed by atoms with Gasteiger partial charge in [-0.15, -0.1) is 0 Å². The summed E-state index contributed by atoms with van der Waals surface area (Å²) in [5.41, 5.74) is 0.676. The van der Waals surface area contributed by atoms with Gasteiger partial charge >= 0.3 is 0 Å². The first kappa shape index (κ1) is 27.0. The summed E-state index contributed by atoms with van der Waals surface area (Å²) in [6.07, 6.45) is 12.7. The third kappa shape index (κ3) is 14.6. The molecule has 0 heterocycles. The molecule has 0 fully saturated rings. The summed E-state index contributed by atoms with van der Waals surface area (Å²) in [6, 6.07) is 17.4. The van der Waals surface area contributed by atoms with Crippen molar-refractivity contribution in [3.8, 4) is 17.6 Å². The molecule has 31 heavy (non-hydrogen) atoms. The van der Waals surface area contributed by atoms with E-state index < -0.39 is 0 Å². The molecule has 4 heteroatoms. The minimum absolute atomic E-state index is 0.676.